The second-order valence-corrected chi connectivity index (χ2v) is 6.81. The maximum absolute atomic E-state index is 12.3. The predicted molar refractivity (Wildman–Crippen MR) is 100 cm³/mol. The molecule has 26 heavy (non-hydrogen) atoms. The number of aromatic amines is 1. The molecule has 3 aromatic heterocycles. The lowest BCUT2D eigenvalue weighted by Gasteiger charge is -2.03. The van der Waals surface area contributed by atoms with E-state index in [0.29, 0.717) is 11.6 Å². The molecule has 0 unspecified atom stereocenters. The highest BCUT2D eigenvalue weighted by molar-refractivity contribution is 7.13. The minimum atomic E-state index is -0.375. The van der Waals surface area contributed by atoms with Gasteiger partial charge in [-0.1, -0.05) is 35.9 Å². The van der Waals surface area contributed by atoms with E-state index in [1.807, 2.05) is 41.8 Å². The first-order valence-corrected chi connectivity index (χ1v) is 8.98. The number of rotatable bonds is 5. The number of nitrogens with zero attached hydrogens (tertiary/aromatic N) is 4. The number of H-pyrrole nitrogens is 1. The topological polar surface area (TPSA) is 88.5 Å². The monoisotopic (exact) mass is 384 g/mol. The molecule has 0 spiro atoms. The Morgan fingerprint density at radius 1 is 1.27 bits per heavy atom. The van der Waals surface area contributed by atoms with Gasteiger partial charge in [-0.3, -0.25) is 15.2 Å². The molecule has 0 aliphatic carbocycles. The van der Waals surface area contributed by atoms with E-state index in [0.717, 1.165) is 16.1 Å². The van der Waals surface area contributed by atoms with Crippen molar-refractivity contribution in [2.24, 2.45) is 0 Å². The number of nitrogens with one attached hydrogen (secondary N) is 2. The zero-order chi connectivity index (χ0) is 17.9. The molecule has 0 bridgehead atoms. The quantitative estimate of drug-likeness (QED) is 0.549. The predicted octanol–water partition coefficient (Wildman–Crippen LogP) is 3.68. The van der Waals surface area contributed by atoms with Crippen LogP contribution in [0.15, 0.2) is 54.2 Å². The fourth-order valence-electron chi connectivity index (χ4n) is 2.39. The van der Waals surface area contributed by atoms with Gasteiger partial charge >= 0.3 is 0 Å². The van der Waals surface area contributed by atoms with E-state index < -0.39 is 0 Å². The van der Waals surface area contributed by atoms with Gasteiger partial charge in [-0.05, 0) is 29.1 Å². The van der Waals surface area contributed by atoms with Crippen molar-refractivity contribution in [1.82, 2.24) is 25.0 Å². The Kier molecular flexibility index (Phi) is 4.51. The van der Waals surface area contributed by atoms with Crippen LogP contribution >= 0.6 is 22.9 Å². The maximum atomic E-state index is 12.3. The van der Waals surface area contributed by atoms with Gasteiger partial charge in [0, 0.05) is 5.02 Å². The number of hydrogen-bond donors (Lipinski definition) is 2. The third-order valence-corrected chi connectivity index (χ3v) is 4.92. The van der Waals surface area contributed by atoms with Crippen molar-refractivity contribution in [2.45, 2.75) is 6.54 Å². The minimum Gasteiger partial charge on any atom is -0.288 e. The molecule has 7 nitrogen and oxygen atoms in total. The zero-order valence-corrected chi connectivity index (χ0v) is 15.0. The summed E-state index contributed by atoms with van der Waals surface area (Å²) in [4.78, 5) is 17.4. The van der Waals surface area contributed by atoms with Crippen molar-refractivity contribution in [2.75, 3.05) is 5.32 Å². The fourth-order valence-corrected chi connectivity index (χ4v) is 3.28. The molecule has 2 N–H and O–H groups in total. The molecule has 0 saturated carbocycles. The van der Waals surface area contributed by atoms with Crippen LogP contribution in [0.3, 0.4) is 0 Å². The highest BCUT2D eigenvalue weighted by atomic mass is 35.5. The fraction of sp³-hybridized carbons (Fsp3) is 0.0588. The lowest BCUT2D eigenvalue weighted by molar-refractivity contribution is 0.102. The zero-order valence-electron chi connectivity index (χ0n) is 13.4. The molecular weight excluding hydrogens is 372 g/mol. The highest BCUT2D eigenvalue weighted by Crippen LogP contribution is 2.23. The molecule has 4 rings (SSSR count). The van der Waals surface area contributed by atoms with Gasteiger partial charge in [-0.2, -0.15) is 5.10 Å². The molecule has 0 aliphatic heterocycles. The SMILES string of the molecule is O=C(Nc1ncn(Cc2ccccc2Cl)n1)c1cc(-c2cccs2)[nH]n1. The molecule has 9 heteroatoms. The highest BCUT2D eigenvalue weighted by Gasteiger charge is 2.14. The Labute approximate surface area is 157 Å². The number of anilines is 1. The van der Waals surface area contributed by atoms with Crippen molar-refractivity contribution in [3.8, 4) is 10.6 Å². The molecule has 4 aromatic rings. The number of benzene rings is 1. The molecule has 1 aromatic carbocycles. The van der Waals surface area contributed by atoms with Crippen LogP contribution < -0.4 is 5.32 Å². The lowest BCUT2D eigenvalue weighted by atomic mass is 10.2. The summed E-state index contributed by atoms with van der Waals surface area (Å²) in [5.74, 6) is -0.165. The molecule has 0 radical (unpaired) electrons. The van der Waals surface area contributed by atoms with Crippen LogP contribution in [-0.2, 0) is 6.54 Å². The summed E-state index contributed by atoms with van der Waals surface area (Å²) in [6, 6.07) is 13.1. The van der Waals surface area contributed by atoms with Crippen molar-refractivity contribution in [1.29, 1.82) is 0 Å². The van der Waals surface area contributed by atoms with E-state index in [-0.39, 0.29) is 17.5 Å². The first-order chi connectivity index (χ1) is 12.7. The number of halogens is 1. The van der Waals surface area contributed by atoms with Crippen LogP contribution in [-0.4, -0.2) is 30.9 Å². The Morgan fingerprint density at radius 3 is 2.96 bits per heavy atom. The van der Waals surface area contributed by atoms with E-state index in [4.69, 9.17) is 11.6 Å². The maximum Gasteiger partial charge on any atom is 0.278 e. The van der Waals surface area contributed by atoms with E-state index in [1.165, 1.54) is 0 Å². The standard InChI is InChI=1S/C17H13ClN6OS/c18-12-5-2-1-4-11(12)9-24-10-19-17(23-24)20-16(25)14-8-13(21-22-14)15-6-3-7-26-15/h1-8,10H,9H2,(H,21,22)(H,20,23,25). The van der Waals surface area contributed by atoms with Crippen molar-refractivity contribution in [3.05, 3.63) is 70.5 Å². The van der Waals surface area contributed by atoms with E-state index in [1.54, 1.807) is 28.4 Å². The lowest BCUT2D eigenvalue weighted by Crippen LogP contribution is -2.14. The summed E-state index contributed by atoms with van der Waals surface area (Å²) >= 11 is 7.72. The average molecular weight is 385 g/mol. The summed E-state index contributed by atoms with van der Waals surface area (Å²) in [6.45, 7) is 0.466. The third-order valence-electron chi connectivity index (χ3n) is 3.65. The second-order valence-electron chi connectivity index (χ2n) is 5.46. The summed E-state index contributed by atoms with van der Waals surface area (Å²) in [5.41, 5.74) is 1.99. The van der Waals surface area contributed by atoms with E-state index >= 15 is 0 Å². The van der Waals surface area contributed by atoms with Crippen molar-refractivity contribution >= 4 is 34.8 Å². The number of aromatic nitrogens is 5. The Balaban J connectivity index is 1.44. The molecule has 0 aliphatic rings. The van der Waals surface area contributed by atoms with Gasteiger partial charge in [0.25, 0.3) is 5.91 Å². The Hall–Kier alpha value is -2.97. The van der Waals surface area contributed by atoms with Gasteiger partial charge in [0.15, 0.2) is 5.69 Å². The average Bonchev–Trinajstić information content (AvgIpc) is 3.38. The van der Waals surface area contributed by atoms with Gasteiger partial charge in [0.05, 0.1) is 17.1 Å². The van der Waals surface area contributed by atoms with Crippen LogP contribution in [0, 0.1) is 0 Å². The van der Waals surface area contributed by atoms with Crippen LogP contribution in [0.5, 0.6) is 0 Å². The van der Waals surface area contributed by atoms with Crippen molar-refractivity contribution in [3.63, 3.8) is 0 Å². The number of carbonyl (C=O) groups excluding carboxylic acids is 1. The number of carbonyl (C=O) groups is 1. The van der Waals surface area contributed by atoms with E-state index in [9.17, 15) is 4.79 Å². The second kappa shape index (κ2) is 7.11. The summed E-state index contributed by atoms with van der Waals surface area (Å²) < 4.78 is 1.61. The van der Waals surface area contributed by atoms with Gasteiger partial charge in [-0.25, -0.2) is 9.67 Å². The molecule has 130 valence electrons. The van der Waals surface area contributed by atoms with Gasteiger partial charge in [0.2, 0.25) is 5.95 Å². The van der Waals surface area contributed by atoms with Crippen LogP contribution in [0.2, 0.25) is 5.02 Å². The molecular formula is C17H13ClN6OS. The summed E-state index contributed by atoms with van der Waals surface area (Å²) in [6.07, 6.45) is 1.54. The van der Waals surface area contributed by atoms with Gasteiger partial charge in [0.1, 0.15) is 6.33 Å². The van der Waals surface area contributed by atoms with Gasteiger partial charge < -0.3 is 0 Å². The third kappa shape index (κ3) is 3.51. The first kappa shape index (κ1) is 16.5. The summed E-state index contributed by atoms with van der Waals surface area (Å²) in [7, 11) is 0. The Morgan fingerprint density at radius 2 is 2.15 bits per heavy atom. The van der Waals surface area contributed by atoms with Crippen LogP contribution in [0.4, 0.5) is 5.95 Å². The van der Waals surface area contributed by atoms with Crippen LogP contribution in [0.25, 0.3) is 10.6 Å². The van der Waals surface area contributed by atoms with Crippen LogP contribution in [0.1, 0.15) is 16.1 Å². The number of amides is 1. The van der Waals surface area contributed by atoms with Gasteiger partial charge in [-0.15, -0.1) is 16.4 Å². The van der Waals surface area contributed by atoms with E-state index in [2.05, 4.69) is 25.6 Å². The Bertz CT molecular complexity index is 1040. The number of thiophene rings is 1. The van der Waals surface area contributed by atoms with Crippen molar-refractivity contribution < 1.29 is 4.79 Å². The number of hydrogen-bond acceptors (Lipinski definition) is 5. The largest absolute Gasteiger partial charge is 0.288 e. The normalized spacial score (nSPS) is 10.8. The first-order valence-electron chi connectivity index (χ1n) is 7.72. The minimum absolute atomic E-state index is 0.211. The smallest absolute Gasteiger partial charge is 0.278 e. The molecule has 0 fully saturated rings. The molecule has 0 saturated heterocycles. The molecule has 0 atom stereocenters. The molecule has 3 heterocycles. The molecule has 1 amide bonds. The summed E-state index contributed by atoms with van der Waals surface area (Å²) in [5, 5.41) is 16.4.